The molecule has 0 aliphatic carbocycles. The summed E-state index contributed by atoms with van der Waals surface area (Å²) in [5.74, 6) is 0. The number of likely N-dealkylation sites (N-methyl/N-ethyl adjacent to an activating group) is 1. The number of hydroxylamine groups is 1. The van der Waals surface area contributed by atoms with Gasteiger partial charge in [0.05, 0.1) is 16.4 Å². The number of hydrogen-bond acceptors (Lipinski definition) is 7. The second-order valence-corrected chi connectivity index (χ2v) is 8.81. The van der Waals surface area contributed by atoms with Gasteiger partial charge in [0.1, 0.15) is 5.69 Å². The van der Waals surface area contributed by atoms with E-state index >= 15 is 0 Å². The fourth-order valence-electron chi connectivity index (χ4n) is 3.07. The highest BCUT2D eigenvalue weighted by molar-refractivity contribution is 7.89. The van der Waals surface area contributed by atoms with E-state index in [0.717, 1.165) is 11.6 Å². The molecule has 156 valence electrons. The van der Waals surface area contributed by atoms with Gasteiger partial charge in [0.25, 0.3) is 5.69 Å². The molecule has 29 heavy (non-hydrogen) atoms. The van der Waals surface area contributed by atoms with Crippen LogP contribution in [0.15, 0.2) is 53.4 Å². The van der Waals surface area contributed by atoms with E-state index in [1.54, 1.807) is 7.05 Å². The summed E-state index contributed by atoms with van der Waals surface area (Å²) in [4.78, 5) is 18.6. The van der Waals surface area contributed by atoms with E-state index in [1.165, 1.54) is 21.5 Å². The standard InChI is InChI=1S/C19H24N4O5S/c1-20-10-12-22(13-11-20)29(26,27)17-8-9-18(19(14-17)23(24)25)21(2)28-15-16-6-4-3-5-7-16/h3-9,14H,10-13,15H2,1-2H3. The lowest BCUT2D eigenvalue weighted by Crippen LogP contribution is -2.47. The molecule has 0 amide bonds. The summed E-state index contributed by atoms with van der Waals surface area (Å²) in [5.41, 5.74) is 0.773. The number of nitro groups is 1. The topological polar surface area (TPSA) is 96.2 Å². The second-order valence-electron chi connectivity index (χ2n) is 6.87. The predicted octanol–water partition coefficient (Wildman–Crippen LogP) is 2.10. The number of sulfonamides is 1. The van der Waals surface area contributed by atoms with Gasteiger partial charge in [-0.3, -0.25) is 15.0 Å². The maximum atomic E-state index is 12.9. The largest absolute Gasteiger partial charge is 0.304 e. The number of benzene rings is 2. The molecule has 1 aliphatic rings. The van der Waals surface area contributed by atoms with Crippen molar-refractivity contribution in [3.05, 3.63) is 64.2 Å². The highest BCUT2D eigenvalue weighted by Crippen LogP contribution is 2.32. The molecular formula is C19H24N4O5S. The van der Waals surface area contributed by atoms with Gasteiger partial charge in [0.15, 0.2) is 0 Å². The van der Waals surface area contributed by atoms with Crippen molar-refractivity contribution in [1.29, 1.82) is 0 Å². The molecule has 0 atom stereocenters. The summed E-state index contributed by atoms with van der Waals surface area (Å²) < 4.78 is 27.2. The van der Waals surface area contributed by atoms with Gasteiger partial charge in [-0.05, 0) is 24.7 Å². The minimum absolute atomic E-state index is 0.0889. The lowest BCUT2D eigenvalue weighted by Gasteiger charge is -2.31. The van der Waals surface area contributed by atoms with Gasteiger partial charge in [-0.15, -0.1) is 0 Å². The zero-order chi connectivity index (χ0) is 21.0. The Bertz CT molecular complexity index is 960. The molecule has 0 aromatic heterocycles. The number of hydrogen-bond donors (Lipinski definition) is 0. The molecule has 1 heterocycles. The molecule has 0 spiro atoms. The summed E-state index contributed by atoms with van der Waals surface area (Å²) in [6.45, 7) is 2.18. The fraction of sp³-hybridized carbons (Fsp3) is 0.368. The van der Waals surface area contributed by atoms with E-state index in [1.807, 2.05) is 42.3 Å². The lowest BCUT2D eigenvalue weighted by molar-refractivity contribution is -0.384. The van der Waals surface area contributed by atoms with Crippen molar-refractivity contribution < 1.29 is 18.2 Å². The van der Waals surface area contributed by atoms with Gasteiger partial charge in [-0.2, -0.15) is 4.31 Å². The first-order chi connectivity index (χ1) is 13.8. The molecule has 0 radical (unpaired) electrons. The third-order valence-electron chi connectivity index (χ3n) is 4.85. The molecule has 0 saturated carbocycles. The molecule has 0 unspecified atom stereocenters. The average molecular weight is 420 g/mol. The van der Waals surface area contributed by atoms with Gasteiger partial charge < -0.3 is 4.90 Å². The van der Waals surface area contributed by atoms with Crippen LogP contribution in [0.25, 0.3) is 0 Å². The number of piperazine rings is 1. The third-order valence-corrected chi connectivity index (χ3v) is 6.75. The quantitative estimate of drug-likeness (QED) is 0.500. The molecule has 1 fully saturated rings. The molecule has 9 nitrogen and oxygen atoms in total. The van der Waals surface area contributed by atoms with Gasteiger partial charge in [-0.1, -0.05) is 30.3 Å². The summed E-state index contributed by atoms with van der Waals surface area (Å²) >= 11 is 0. The number of rotatable bonds is 7. The molecule has 2 aromatic carbocycles. The van der Waals surface area contributed by atoms with Crippen LogP contribution in [0.3, 0.4) is 0 Å². The summed E-state index contributed by atoms with van der Waals surface area (Å²) in [7, 11) is -0.315. The van der Waals surface area contributed by atoms with Crippen LogP contribution in [0.1, 0.15) is 5.56 Å². The molecular weight excluding hydrogens is 396 g/mol. The van der Waals surface area contributed by atoms with Gasteiger partial charge >= 0.3 is 0 Å². The highest BCUT2D eigenvalue weighted by Gasteiger charge is 2.30. The van der Waals surface area contributed by atoms with Crippen LogP contribution in [0, 0.1) is 10.1 Å². The number of nitrogens with zero attached hydrogens (tertiary/aromatic N) is 4. The van der Waals surface area contributed by atoms with E-state index in [2.05, 4.69) is 0 Å². The zero-order valence-corrected chi connectivity index (χ0v) is 17.2. The summed E-state index contributed by atoms with van der Waals surface area (Å²) in [5, 5.41) is 12.9. The van der Waals surface area contributed by atoms with Crippen LogP contribution in [0.4, 0.5) is 11.4 Å². The molecule has 2 aromatic rings. The Morgan fingerprint density at radius 3 is 2.38 bits per heavy atom. The van der Waals surface area contributed by atoms with Crippen molar-refractivity contribution in [2.45, 2.75) is 11.5 Å². The van der Waals surface area contributed by atoms with Crippen LogP contribution in [0.5, 0.6) is 0 Å². The average Bonchev–Trinajstić information content (AvgIpc) is 2.72. The van der Waals surface area contributed by atoms with Crippen LogP contribution in [0.2, 0.25) is 0 Å². The Labute approximate surface area is 170 Å². The molecule has 0 bridgehead atoms. The van der Waals surface area contributed by atoms with E-state index < -0.39 is 14.9 Å². The summed E-state index contributed by atoms with van der Waals surface area (Å²) in [6, 6.07) is 13.3. The SMILES string of the molecule is CN1CCN(S(=O)(=O)c2ccc(N(C)OCc3ccccc3)c([N+](=O)[O-])c2)CC1. The van der Waals surface area contributed by atoms with Crippen LogP contribution in [-0.2, 0) is 21.5 Å². The third kappa shape index (κ3) is 4.91. The minimum atomic E-state index is -3.80. The molecule has 10 heteroatoms. The van der Waals surface area contributed by atoms with Crippen molar-refractivity contribution in [1.82, 2.24) is 9.21 Å². The van der Waals surface area contributed by atoms with Gasteiger partial charge in [-0.25, -0.2) is 13.5 Å². The first kappa shape index (κ1) is 21.2. The van der Waals surface area contributed by atoms with E-state index in [0.29, 0.717) is 26.2 Å². The molecule has 1 saturated heterocycles. The van der Waals surface area contributed by atoms with Crippen molar-refractivity contribution in [3.8, 4) is 0 Å². The van der Waals surface area contributed by atoms with E-state index in [4.69, 9.17) is 4.84 Å². The second kappa shape index (κ2) is 8.87. The van der Waals surface area contributed by atoms with Gasteiger partial charge in [0, 0.05) is 39.3 Å². The smallest absolute Gasteiger partial charge is 0.296 e. The zero-order valence-electron chi connectivity index (χ0n) is 16.4. The molecule has 3 rings (SSSR count). The first-order valence-corrected chi connectivity index (χ1v) is 10.6. The Kier molecular flexibility index (Phi) is 6.48. The van der Waals surface area contributed by atoms with Crippen molar-refractivity contribution in [3.63, 3.8) is 0 Å². The maximum absolute atomic E-state index is 12.9. The Hall–Kier alpha value is -2.53. The molecule has 0 N–H and O–H groups in total. The van der Waals surface area contributed by atoms with Crippen molar-refractivity contribution in [2.24, 2.45) is 0 Å². The fourth-order valence-corrected chi connectivity index (χ4v) is 4.51. The Morgan fingerprint density at radius 2 is 1.76 bits per heavy atom. The summed E-state index contributed by atoms with van der Waals surface area (Å²) in [6.07, 6.45) is 0. The van der Waals surface area contributed by atoms with Crippen LogP contribution < -0.4 is 5.06 Å². The first-order valence-electron chi connectivity index (χ1n) is 9.17. The van der Waals surface area contributed by atoms with Crippen LogP contribution >= 0.6 is 0 Å². The van der Waals surface area contributed by atoms with Crippen LogP contribution in [-0.4, -0.2) is 62.8 Å². The van der Waals surface area contributed by atoms with Crippen molar-refractivity contribution >= 4 is 21.4 Å². The predicted molar refractivity (Wildman–Crippen MR) is 109 cm³/mol. The van der Waals surface area contributed by atoms with E-state index in [-0.39, 0.29) is 22.9 Å². The van der Waals surface area contributed by atoms with Crippen molar-refractivity contribution in [2.75, 3.05) is 45.3 Å². The number of nitro benzene ring substituents is 1. The monoisotopic (exact) mass is 420 g/mol. The number of anilines is 1. The molecule has 1 aliphatic heterocycles. The maximum Gasteiger partial charge on any atom is 0.296 e. The Morgan fingerprint density at radius 1 is 1.10 bits per heavy atom. The highest BCUT2D eigenvalue weighted by atomic mass is 32.2. The normalized spacial score (nSPS) is 15.9. The Balaban J connectivity index is 1.82. The lowest BCUT2D eigenvalue weighted by atomic mass is 10.2. The minimum Gasteiger partial charge on any atom is -0.304 e. The van der Waals surface area contributed by atoms with E-state index in [9.17, 15) is 18.5 Å². The van der Waals surface area contributed by atoms with Gasteiger partial charge in [0.2, 0.25) is 10.0 Å².